The van der Waals surface area contributed by atoms with Crippen molar-refractivity contribution < 1.29 is 0 Å². The van der Waals surface area contributed by atoms with Gasteiger partial charge in [0.1, 0.15) is 0 Å². The van der Waals surface area contributed by atoms with Gasteiger partial charge in [0.25, 0.3) is 0 Å². The Morgan fingerprint density at radius 1 is 0.765 bits per heavy atom. The average molecular weight is 284 g/mol. The minimum absolute atomic E-state index is 0.826. The van der Waals surface area contributed by atoms with Crippen molar-refractivity contribution in [2.24, 2.45) is 0 Å². The summed E-state index contributed by atoms with van der Waals surface area (Å²) in [5, 5.41) is 0. The fraction of sp³-hybridized carbons (Fsp3) is 1.00. The summed E-state index contributed by atoms with van der Waals surface area (Å²) in [5.41, 5.74) is 0. The molecule has 0 heterocycles. The van der Waals surface area contributed by atoms with Gasteiger partial charge in [0.2, 0.25) is 0 Å². The van der Waals surface area contributed by atoms with Crippen LogP contribution in [-0.2, 0) is 0 Å². The number of hydrogen-bond acceptors (Lipinski definition) is 0. The van der Waals surface area contributed by atoms with Gasteiger partial charge in [0.05, 0.1) is 0 Å². The molecule has 0 amide bonds. The van der Waals surface area contributed by atoms with Crippen LogP contribution >= 0.6 is 0 Å². The Balaban J connectivity index is 3.09. The Bertz CT molecular complexity index is 158. The van der Waals surface area contributed by atoms with Crippen LogP contribution in [0.3, 0.4) is 0 Å². The van der Waals surface area contributed by atoms with Crippen molar-refractivity contribution in [1.82, 2.24) is 0 Å². The van der Waals surface area contributed by atoms with Gasteiger partial charge < -0.3 is 0 Å². The Morgan fingerprint density at radius 2 is 1.18 bits per heavy atom. The molecule has 0 aromatic carbocycles. The monoisotopic (exact) mass is 283 g/mol. The third-order valence-corrected chi connectivity index (χ3v) is 14.6. The lowest BCUT2D eigenvalue weighted by Crippen LogP contribution is -2.34. The van der Waals surface area contributed by atoms with Crippen molar-refractivity contribution in [2.75, 3.05) is 0 Å². The van der Waals surface area contributed by atoms with Gasteiger partial charge in [-0.3, -0.25) is 0 Å². The Morgan fingerprint density at radius 3 is 1.59 bits per heavy atom. The summed E-state index contributed by atoms with van der Waals surface area (Å²) in [5.74, 6) is 0. The predicted octanol–water partition coefficient (Wildman–Crippen LogP) is 4.90. The number of hydrogen-bond donors (Lipinski definition) is 0. The predicted molar refractivity (Wildman–Crippen MR) is 85.6 cm³/mol. The summed E-state index contributed by atoms with van der Waals surface area (Å²) in [4.78, 5) is 0. The van der Waals surface area contributed by atoms with E-state index in [-0.39, 0.29) is 0 Å². The molecule has 0 aliphatic carbocycles. The van der Waals surface area contributed by atoms with Crippen molar-refractivity contribution in [2.45, 2.75) is 90.3 Å². The zero-order chi connectivity index (χ0) is 13.0. The molecule has 0 aliphatic heterocycles. The van der Waals surface area contributed by atoms with E-state index >= 15 is 0 Å². The van der Waals surface area contributed by atoms with Gasteiger partial charge in [-0.2, -0.15) is 0 Å². The molecule has 0 aromatic heterocycles. The van der Waals surface area contributed by atoms with E-state index in [4.69, 9.17) is 0 Å². The van der Waals surface area contributed by atoms with Crippen molar-refractivity contribution in [1.29, 1.82) is 0 Å². The zero-order valence-corrected chi connectivity index (χ0v) is 15.3. The molecule has 0 N–H and O–H groups in total. The molecule has 0 saturated heterocycles. The molecule has 0 rings (SSSR count). The zero-order valence-electron chi connectivity index (χ0n) is 12.3. The second-order valence-electron chi connectivity index (χ2n) is 5.94. The van der Waals surface area contributed by atoms with Gasteiger partial charge in [-0.25, -0.2) is 0 Å². The lowest BCUT2D eigenvalue weighted by Gasteiger charge is -2.19. The maximum Gasteiger partial charge on any atom is 0.0320 e. The minimum Gasteiger partial charge on any atom is -0.0719 e. The van der Waals surface area contributed by atoms with Gasteiger partial charge in [0.15, 0.2) is 0 Å². The van der Waals surface area contributed by atoms with Crippen LogP contribution in [0.2, 0.25) is 19.1 Å². The molecule has 0 atom stereocenters. The highest BCUT2D eigenvalue weighted by Gasteiger charge is 2.16. The molecule has 5 radical (unpaired) electrons. The van der Waals surface area contributed by atoms with E-state index < -0.39 is 7.59 Å². The molecular formula is C14H31Si3. The van der Waals surface area contributed by atoms with Crippen LogP contribution in [0.5, 0.6) is 0 Å². The SMILES string of the molecule is CCCCCCCCCCCC[Si](C)(C)[Si][Si]. The molecule has 0 spiro atoms. The molecule has 99 valence electrons. The molecule has 0 bridgehead atoms. The Hall–Kier alpha value is 0.651. The molecule has 0 saturated carbocycles. The molecule has 0 fully saturated rings. The Labute approximate surface area is 116 Å². The number of rotatable bonds is 12. The van der Waals surface area contributed by atoms with Crippen LogP contribution < -0.4 is 0 Å². The van der Waals surface area contributed by atoms with E-state index in [1.165, 1.54) is 70.3 Å². The van der Waals surface area contributed by atoms with Crippen molar-refractivity contribution in [3.63, 3.8) is 0 Å². The smallest absolute Gasteiger partial charge is 0.0320 e. The quantitative estimate of drug-likeness (QED) is 0.353. The molecular weight excluding hydrogens is 252 g/mol. The van der Waals surface area contributed by atoms with Gasteiger partial charge in [-0.05, 0) is 0 Å². The standard InChI is InChI=1S/C14H31Si3/c1-4-5-6-7-8-9-10-11-12-13-14-17(2,3)16-15/h4-14H2,1-3H3. The van der Waals surface area contributed by atoms with Crippen molar-refractivity contribution in [3.05, 3.63) is 0 Å². The van der Waals surface area contributed by atoms with Crippen LogP contribution in [0.4, 0.5) is 0 Å². The van der Waals surface area contributed by atoms with E-state index in [0.717, 1.165) is 8.55 Å². The van der Waals surface area contributed by atoms with Crippen molar-refractivity contribution >= 4 is 25.9 Å². The summed E-state index contributed by atoms with van der Waals surface area (Å²) in [6.45, 7) is 7.30. The first-order valence-electron chi connectivity index (χ1n) is 7.56. The maximum absolute atomic E-state index is 3.73. The Kier molecular flexibility index (Phi) is 12.2. The van der Waals surface area contributed by atoms with Crippen LogP contribution in [0.15, 0.2) is 0 Å². The fourth-order valence-corrected chi connectivity index (χ4v) is 5.41. The van der Waals surface area contributed by atoms with Gasteiger partial charge in [-0.15, -0.1) is 0 Å². The third kappa shape index (κ3) is 12.9. The van der Waals surface area contributed by atoms with E-state index in [0.29, 0.717) is 0 Å². The molecule has 0 nitrogen and oxygen atoms in total. The second-order valence-corrected chi connectivity index (χ2v) is 17.5. The second kappa shape index (κ2) is 11.7. The number of unbranched alkanes of at least 4 members (excludes halogenated alkanes) is 9. The highest BCUT2D eigenvalue weighted by molar-refractivity contribution is 7.39. The largest absolute Gasteiger partial charge is 0.0719 e. The van der Waals surface area contributed by atoms with Gasteiger partial charge in [0, 0.05) is 25.9 Å². The minimum atomic E-state index is -0.826. The lowest BCUT2D eigenvalue weighted by atomic mass is 10.1. The summed E-state index contributed by atoms with van der Waals surface area (Å²) in [6, 6.07) is 1.52. The summed E-state index contributed by atoms with van der Waals surface area (Å²) in [6.07, 6.45) is 14.6. The van der Waals surface area contributed by atoms with Crippen LogP contribution in [0.25, 0.3) is 0 Å². The topological polar surface area (TPSA) is 0 Å². The van der Waals surface area contributed by atoms with Gasteiger partial charge >= 0.3 is 0 Å². The summed E-state index contributed by atoms with van der Waals surface area (Å²) in [7, 11) is 3.95. The first-order valence-corrected chi connectivity index (χ1v) is 14.3. The highest BCUT2D eigenvalue weighted by atomic mass is 29.5. The molecule has 0 aromatic rings. The first kappa shape index (κ1) is 17.7. The van der Waals surface area contributed by atoms with E-state index in [2.05, 4.69) is 29.8 Å². The summed E-state index contributed by atoms with van der Waals surface area (Å²) < 4.78 is 0. The van der Waals surface area contributed by atoms with Gasteiger partial charge in [-0.1, -0.05) is 90.3 Å². The van der Waals surface area contributed by atoms with Crippen LogP contribution in [0, 0.1) is 0 Å². The molecule has 0 unspecified atom stereocenters. The first-order chi connectivity index (χ1) is 8.12. The van der Waals surface area contributed by atoms with Crippen LogP contribution in [0.1, 0.15) is 71.1 Å². The molecule has 3 heteroatoms. The van der Waals surface area contributed by atoms with Crippen LogP contribution in [-0.4, -0.2) is 25.9 Å². The summed E-state index contributed by atoms with van der Waals surface area (Å²) >= 11 is 0. The molecule has 17 heavy (non-hydrogen) atoms. The lowest BCUT2D eigenvalue weighted by molar-refractivity contribution is 0.562. The normalized spacial score (nSPS) is 12.0. The van der Waals surface area contributed by atoms with E-state index in [1.54, 1.807) is 0 Å². The van der Waals surface area contributed by atoms with Crippen molar-refractivity contribution in [3.8, 4) is 0 Å². The maximum atomic E-state index is 3.73. The molecule has 0 aliphatic rings. The van der Waals surface area contributed by atoms with E-state index in [9.17, 15) is 0 Å². The highest BCUT2D eigenvalue weighted by Crippen LogP contribution is 2.15. The average Bonchev–Trinajstić information content (AvgIpc) is 2.31. The third-order valence-electron chi connectivity index (χ3n) is 3.49. The fourth-order valence-electron chi connectivity index (χ4n) is 2.12. The van der Waals surface area contributed by atoms with E-state index in [1.807, 2.05) is 0 Å².